The number of halogens is 2. The highest BCUT2D eigenvalue weighted by Gasteiger charge is 2.05. The van der Waals surface area contributed by atoms with E-state index in [9.17, 15) is 0 Å². The van der Waals surface area contributed by atoms with Gasteiger partial charge in [0.05, 0.1) is 17.8 Å². The first-order valence-electron chi connectivity index (χ1n) is 4.86. The summed E-state index contributed by atoms with van der Waals surface area (Å²) in [6.45, 7) is 0.674. The summed E-state index contributed by atoms with van der Waals surface area (Å²) in [7, 11) is 0. The third-order valence-electron chi connectivity index (χ3n) is 2.23. The monoisotopic (exact) mass is 326 g/mol. The zero-order valence-electron chi connectivity index (χ0n) is 8.71. The molecular weight excluding hydrogens is 320 g/mol. The van der Waals surface area contributed by atoms with Crippen LogP contribution in [0.15, 0.2) is 34.1 Å². The summed E-state index contributed by atoms with van der Waals surface area (Å²) < 4.78 is 1.08. The van der Waals surface area contributed by atoms with E-state index in [-0.39, 0.29) is 0 Å². The molecule has 1 heterocycles. The lowest BCUT2D eigenvalue weighted by Crippen LogP contribution is -2.00. The lowest BCUT2D eigenvalue weighted by molar-refractivity contribution is 1.18. The molecular formula is C12H8BrClN2S. The van der Waals surface area contributed by atoms with Crippen molar-refractivity contribution < 1.29 is 0 Å². The molecule has 1 N–H and O–H groups in total. The number of anilines is 1. The van der Waals surface area contributed by atoms with Crippen LogP contribution in [0, 0.1) is 11.3 Å². The molecule has 0 aliphatic carbocycles. The van der Waals surface area contributed by atoms with E-state index < -0.39 is 0 Å². The van der Waals surface area contributed by atoms with Crippen LogP contribution < -0.4 is 5.32 Å². The largest absolute Gasteiger partial charge is 0.379 e. The van der Waals surface area contributed by atoms with Crippen molar-refractivity contribution in [2.45, 2.75) is 6.54 Å². The molecule has 1 aromatic carbocycles. The standard InChI is InChI=1S/C12H8BrClN2S/c13-10-3-4-17-12(10)7-16-11-5-9(14)2-1-8(11)6-15/h1-5,16H,7H2. The van der Waals surface area contributed by atoms with Gasteiger partial charge in [-0.3, -0.25) is 0 Å². The van der Waals surface area contributed by atoms with Gasteiger partial charge in [-0.15, -0.1) is 11.3 Å². The average Bonchev–Trinajstić information content (AvgIpc) is 2.72. The number of rotatable bonds is 3. The second-order valence-electron chi connectivity index (χ2n) is 3.35. The highest BCUT2D eigenvalue weighted by Crippen LogP contribution is 2.25. The van der Waals surface area contributed by atoms with E-state index >= 15 is 0 Å². The summed E-state index contributed by atoms with van der Waals surface area (Å²) in [4.78, 5) is 1.19. The molecule has 0 unspecified atom stereocenters. The first kappa shape index (κ1) is 12.4. The molecule has 2 aromatic rings. The molecule has 0 atom stereocenters. The zero-order chi connectivity index (χ0) is 12.3. The summed E-state index contributed by atoms with van der Waals surface area (Å²) in [6.07, 6.45) is 0. The smallest absolute Gasteiger partial charge is 0.101 e. The van der Waals surface area contributed by atoms with Gasteiger partial charge in [-0.05, 0) is 45.6 Å². The topological polar surface area (TPSA) is 35.8 Å². The van der Waals surface area contributed by atoms with Crippen LogP contribution in [-0.4, -0.2) is 0 Å². The van der Waals surface area contributed by atoms with Gasteiger partial charge in [0.1, 0.15) is 6.07 Å². The summed E-state index contributed by atoms with van der Waals surface area (Å²) >= 11 is 11.0. The van der Waals surface area contributed by atoms with Crippen molar-refractivity contribution in [3.8, 4) is 6.07 Å². The molecule has 0 saturated heterocycles. The molecule has 0 saturated carbocycles. The molecule has 2 rings (SSSR count). The molecule has 5 heteroatoms. The maximum Gasteiger partial charge on any atom is 0.101 e. The van der Waals surface area contributed by atoms with Gasteiger partial charge >= 0.3 is 0 Å². The van der Waals surface area contributed by atoms with Crippen LogP contribution in [0.3, 0.4) is 0 Å². The van der Waals surface area contributed by atoms with Crippen LogP contribution in [0.4, 0.5) is 5.69 Å². The molecule has 86 valence electrons. The highest BCUT2D eigenvalue weighted by molar-refractivity contribution is 9.10. The van der Waals surface area contributed by atoms with E-state index in [1.807, 2.05) is 11.4 Å². The Morgan fingerprint density at radius 2 is 2.24 bits per heavy atom. The molecule has 1 aromatic heterocycles. The number of hydrogen-bond donors (Lipinski definition) is 1. The molecule has 0 fully saturated rings. The Labute approximate surface area is 117 Å². The van der Waals surface area contributed by atoms with Gasteiger partial charge in [0.15, 0.2) is 0 Å². The van der Waals surface area contributed by atoms with E-state index in [2.05, 4.69) is 27.3 Å². The SMILES string of the molecule is N#Cc1ccc(Cl)cc1NCc1sccc1Br. The van der Waals surface area contributed by atoms with E-state index in [1.165, 1.54) is 4.88 Å². The highest BCUT2D eigenvalue weighted by atomic mass is 79.9. The number of nitrogens with zero attached hydrogens (tertiary/aromatic N) is 1. The van der Waals surface area contributed by atoms with Gasteiger partial charge in [0.2, 0.25) is 0 Å². The number of thiophene rings is 1. The van der Waals surface area contributed by atoms with Crippen molar-refractivity contribution in [2.24, 2.45) is 0 Å². The van der Waals surface area contributed by atoms with Crippen molar-refractivity contribution in [1.82, 2.24) is 0 Å². The summed E-state index contributed by atoms with van der Waals surface area (Å²) in [5, 5.41) is 14.8. The molecule has 0 radical (unpaired) electrons. The normalized spacial score (nSPS) is 9.94. The second kappa shape index (κ2) is 5.54. The predicted octanol–water partition coefficient (Wildman–Crippen LogP) is 4.65. The second-order valence-corrected chi connectivity index (χ2v) is 5.64. The Bertz CT molecular complexity index is 574. The predicted molar refractivity (Wildman–Crippen MR) is 75.5 cm³/mol. The van der Waals surface area contributed by atoms with E-state index in [0.29, 0.717) is 17.1 Å². The maximum atomic E-state index is 8.98. The van der Waals surface area contributed by atoms with Crippen LogP contribution in [-0.2, 0) is 6.54 Å². The van der Waals surface area contributed by atoms with Crippen LogP contribution in [0.25, 0.3) is 0 Å². The van der Waals surface area contributed by atoms with Gasteiger partial charge in [0.25, 0.3) is 0 Å². The zero-order valence-corrected chi connectivity index (χ0v) is 11.9. The quantitative estimate of drug-likeness (QED) is 0.891. The third-order valence-corrected chi connectivity index (χ3v) is 4.39. The number of nitriles is 1. The lowest BCUT2D eigenvalue weighted by atomic mass is 10.2. The molecule has 17 heavy (non-hydrogen) atoms. The lowest BCUT2D eigenvalue weighted by Gasteiger charge is -2.07. The number of hydrogen-bond acceptors (Lipinski definition) is 3. The van der Waals surface area contributed by atoms with E-state index in [4.69, 9.17) is 16.9 Å². The fraction of sp³-hybridized carbons (Fsp3) is 0.0833. The molecule has 2 nitrogen and oxygen atoms in total. The first-order valence-corrected chi connectivity index (χ1v) is 6.91. The number of benzene rings is 1. The van der Waals surface area contributed by atoms with Crippen molar-refractivity contribution in [2.75, 3.05) is 5.32 Å². The Hall–Kier alpha value is -1.02. The van der Waals surface area contributed by atoms with Crippen molar-refractivity contribution in [3.63, 3.8) is 0 Å². The molecule has 0 spiro atoms. The molecule has 0 amide bonds. The average molecular weight is 328 g/mol. The number of nitrogens with one attached hydrogen (secondary N) is 1. The Balaban J connectivity index is 2.17. The fourth-order valence-electron chi connectivity index (χ4n) is 1.39. The molecule has 0 aliphatic rings. The Kier molecular flexibility index (Phi) is 4.06. The summed E-state index contributed by atoms with van der Waals surface area (Å²) in [6, 6.07) is 9.34. The minimum absolute atomic E-state index is 0.599. The minimum Gasteiger partial charge on any atom is -0.379 e. The van der Waals surface area contributed by atoms with E-state index in [0.717, 1.165) is 10.2 Å². The van der Waals surface area contributed by atoms with Gasteiger partial charge in [0, 0.05) is 14.4 Å². The van der Waals surface area contributed by atoms with Crippen molar-refractivity contribution in [3.05, 3.63) is 49.6 Å². The maximum absolute atomic E-state index is 8.98. The van der Waals surface area contributed by atoms with Gasteiger partial charge in [-0.25, -0.2) is 0 Å². The molecule has 0 aliphatic heterocycles. The molecule has 0 bridgehead atoms. The van der Waals surface area contributed by atoms with Crippen LogP contribution >= 0.6 is 38.9 Å². The van der Waals surface area contributed by atoms with Gasteiger partial charge in [-0.2, -0.15) is 5.26 Å². The fourth-order valence-corrected chi connectivity index (χ4v) is 2.99. The van der Waals surface area contributed by atoms with Gasteiger partial charge in [-0.1, -0.05) is 11.6 Å². The Morgan fingerprint density at radius 3 is 2.88 bits per heavy atom. The van der Waals surface area contributed by atoms with Crippen LogP contribution in [0.5, 0.6) is 0 Å². The van der Waals surface area contributed by atoms with Crippen LogP contribution in [0.1, 0.15) is 10.4 Å². The van der Waals surface area contributed by atoms with E-state index in [1.54, 1.807) is 29.5 Å². The minimum atomic E-state index is 0.599. The van der Waals surface area contributed by atoms with Crippen LogP contribution in [0.2, 0.25) is 5.02 Å². The van der Waals surface area contributed by atoms with Crippen molar-refractivity contribution in [1.29, 1.82) is 5.26 Å². The summed E-state index contributed by atoms with van der Waals surface area (Å²) in [5.41, 5.74) is 1.36. The summed E-state index contributed by atoms with van der Waals surface area (Å²) in [5.74, 6) is 0. The Morgan fingerprint density at radius 1 is 1.41 bits per heavy atom. The third kappa shape index (κ3) is 3.01. The van der Waals surface area contributed by atoms with Gasteiger partial charge < -0.3 is 5.32 Å². The first-order chi connectivity index (χ1) is 8.20. The van der Waals surface area contributed by atoms with Crippen molar-refractivity contribution >= 4 is 44.6 Å².